The predicted molar refractivity (Wildman–Crippen MR) is 128 cm³/mol. The fraction of sp³-hybridized carbons (Fsp3) is 0.320. The lowest BCUT2D eigenvalue weighted by molar-refractivity contribution is -0.122. The van der Waals surface area contributed by atoms with Gasteiger partial charge in [-0.1, -0.05) is 23.7 Å². The number of piperidine rings is 1. The number of nitrogens with one attached hydrogen (secondary N) is 1. The van der Waals surface area contributed by atoms with Crippen molar-refractivity contribution in [2.24, 2.45) is 0 Å². The normalized spacial score (nSPS) is 14.7. The largest absolute Gasteiger partial charge is 0.481 e. The summed E-state index contributed by atoms with van der Waals surface area (Å²) in [6.07, 6.45) is 3.02. The van der Waals surface area contributed by atoms with E-state index < -0.39 is 6.10 Å². The van der Waals surface area contributed by atoms with Crippen molar-refractivity contribution < 1.29 is 9.53 Å². The molecule has 6 nitrogen and oxygen atoms in total. The molecular formula is C25H27ClN4O2. The van der Waals surface area contributed by atoms with Crippen LogP contribution in [0.2, 0.25) is 5.02 Å². The third-order valence-electron chi connectivity index (χ3n) is 5.57. The van der Waals surface area contributed by atoms with Crippen LogP contribution in [-0.2, 0) is 4.79 Å². The molecule has 3 aromatic rings. The molecule has 1 amide bonds. The number of hydrogen-bond acceptors (Lipinski definition) is 5. The van der Waals surface area contributed by atoms with Crippen molar-refractivity contribution in [1.29, 1.82) is 0 Å². The topological polar surface area (TPSA) is 67.3 Å². The molecule has 0 spiro atoms. The van der Waals surface area contributed by atoms with Crippen molar-refractivity contribution in [3.05, 3.63) is 65.2 Å². The number of aryl methyl sites for hydroxylation is 1. The summed E-state index contributed by atoms with van der Waals surface area (Å²) < 4.78 is 5.77. The van der Waals surface area contributed by atoms with Crippen molar-refractivity contribution in [3.8, 4) is 17.0 Å². The number of nitrogens with zero attached hydrogens (tertiary/aromatic N) is 3. The molecule has 1 aromatic heterocycles. The molecule has 1 N–H and O–H groups in total. The van der Waals surface area contributed by atoms with Gasteiger partial charge in [0.25, 0.3) is 5.91 Å². The van der Waals surface area contributed by atoms with Gasteiger partial charge in [0.1, 0.15) is 5.75 Å². The highest BCUT2D eigenvalue weighted by molar-refractivity contribution is 6.31. The minimum atomic E-state index is -0.664. The van der Waals surface area contributed by atoms with E-state index in [9.17, 15) is 4.79 Å². The third-order valence-corrected chi connectivity index (χ3v) is 5.99. The van der Waals surface area contributed by atoms with Crippen molar-refractivity contribution in [3.63, 3.8) is 0 Å². The first kappa shape index (κ1) is 22.1. The molecule has 32 heavy (non-hydrogen) atoms. The Morgan fingerprint density at radius 1 is 1.06 bits per heavy atom. The van der Waals surface area contributed by atoms with E-state index in [4.69, 9.17) is 16.3 Å². The standard InChI is InChI=1S/C25H27ClN4O2/c1-17-15-21(9-10-22(17)26)32-18(2)25(31)27-20-8-6-7-19(16-20)23-11-12-24(29-28-23)30-13-4-3-5-14-30/h6-12,15-16,18H,3-5,13-14H2,1-2H3,(H,27,31). The minimum absolute atomic E-state index is 0.235. The first-order chi connectivity index (χ1) is 15.5. The molecule has 0 aliphatic carbocycles. The summed E-state index contributed by atoms with van der Waals surface area (Å²) in [4.78, 5) is 14.9. The second-order valence-corrected chi connectivity index (χ2v) is 8.47. The highest BCUT2D eigenvalue weighted by Gasteiger charge is 2.16. The quantitative estimate of drug-likeness (QED) is 0.537. The molecule has 1 aliphatic heterocycles. The van der Waals surface area contributed by atoms with Crippen LogP contribution >= 0.6 is 11.6 Å². The van der Waals surface area contributed by atoms with Crippen LogP contribution in [0.15, 0.2) is 54.6 Å². The van der Waals surface area contributed by atoms with Gasteiger partial charge < -0.3 is 15.0 Å². The molecule has 2 heterocycles. The highest BCUT2D eigenvalue weighted by atomic mass is 35.5. The molecule has 1 aliphatic rings. The van der Waals surface area contributed by atoms with Crippen LogP contribution in [0.1, 0.15) is 31.7 Å². The van der Waals surface area contributed by atoms with Crippen LogP contribution in [0.3, 0.4) is 0 Å². The monoisotopic (exact) mass is 450 g/mol. The average molecular weight is 451 g/mol. The number of amides is 1. The summed E-state index contributed by atoms with van der Waals surface area (Å²) in [6, 6.07) is 16.9. The molecule has 1 fully saturated rings. The Morgan fingerprint density at radius 3 is 2.59 bits per heavy atom. The number of carbonyl (C=O) groups excluding carboxylic acids is 1. The van der Waals surface area contributed by atoms with Gasteiger partial charge in [-0.15, -0.1) is 10.2 Å². The van der Waals surface area contributed by atoms with Gasteiger partial charge in [-0.25, -0.2) is 0 Å². The molecule has 2 aromatic carbocycles. The second-order valence-electron chi connectivity index (χ2n) is 8.07. The molecule has 0 bridgehead atoms. The Hall–Kier alpha value is -3.12. The molecule has 1 atom stereocenters. The van der Waals surface area contributed by atoms with Crippen molar-refractivity contribution in [1.82, 2.24) is 10.2 Å². The number of halogens is 1. The van der Waals surface area contributed by atoms with E-state index in [-0.39, 0.29) is 5.91 Å². The van der Waals surface area contributed by atoms with E-state index >= 15 is 0 Å². The molecule has 1 saturated heterocycles. The first-order valence-corrected chi connectivity index (χ1v) is 11.3. The Morgan fingerprint density at radius 2 is 1.88 bits per heavy atom. The lowest BCUT2D eigenvalue weighted by Gasteiger charge is -2.27. The van der Waals surface area contributed by atoms with Crippen molar-refractivity contribution in [2.75, 3.05) is 23.3 Å². The predicted octanol–water partition coefficient (Wildman–Crippen LogP) is 5.50. The van der Waals surface area contributed by atoms with Gasteiger partial charge in [-0.2, -0.15) is 0 Å². The van der Waals surface area contributed by atoms with Crippen LogP contribution in [0.5, 0.6) is 5.75 Å². The number of carbonyl (C=O) groups is 1. The van der Waals surface area contributed by atoms with Gasteiger partial charge in [0.05, 0.1) is 5.69 Å². The zero-order valence-corrected chi connectivity index (χ0v) is 19.1. The van der Waals surface area contributed by atoms with E-state index in [1.807, 2.05) is 49.4 Å². The van der Waals surface area contributed by atoms with Crippen LogP contribution in [0.25, 0.3) is 11.3 Å². The van der Waals surface area contributed by atoms with Gasteiger partial charge in [-0.05, 0) is 81.1 Å². The summed E-state index contributed by atoms with van der Waals surface area (Å²) in [6.45, 7) is 5.68. The smallest absolute Gasteiger partial charge is 0.265 e. The van der Waals surface area contributed by atoms with Crippen molar-refractivity contribution in [2.45, 2.75) is 39.2 Å². The van der Waals surface area contributed by atoms with Gasteiger partial charge >= 0.3 is 0 Å². The van der Waals surface area contributed by atoms with Gasteiger partial charge in [-0.3, -0.25) is 4.79 Å². The highest BCUT2D eigenvalue weighted by Crippen LogP contribution is 2.24. The maximum absolute atomic E-state index is 12.6. The number of benzene rings is 2. The SMILES string of the molecule is Cc1cc(OC(C)C(=O)Nc2cccc(-c3ccc(N4CCCCC4)nn3)c2)ccc1Cl. The maximum atomic E-state index is 12.6. The first-order valence-electron chi connectivity index (χ1n) is 10.9. The van der Waals surface area contributed by atoms with Crippen LogP contribution < -0.4 is 15.0 Å². The van der Waals surface area contributed by atoms with Crippen LogP contribution in [0, 0.1) is 6.92 Å². The van der Waals surface area contributed by atoms with Gasteiger partial charge in [0.15, 0.2) is 11.9 Å². The Balaban J connectivity index is 1.41. The molecule has 166 valence electrons. The summed E-state index contributed by atoms with van der Waals surface area (Å²) in [5.74, 6) is 1.29. The molecule has 0 saturated carbocycles. The van der Waals surface area contributed by atoms with E-state index in [1.54, 1.807) is 19.1 Å². The number of ether oxygens (including phenoxy) is 1. The third kappa shape index (κ3) is 5.37. The Bertz CT molecular complexity index is 1080. The molecule has 4 rings (SSSR count). The van der Waals surface area contributed by atoms with Crippen LogP contribution in [-0.4, -0.2) is 35.3 Å². The number of anilines is 2. The van der Waals surface area contributed by atoms with E-state index in [0.717, 1.165) is 35.7 Å². The number of rotatable bonds is 6. The lowest BCUT2D eigenvalue weighted by atomic mass is 10.1. The lowest BCUT2D eigenvalue weighted by Crippen LogP contribution is -2.30. The second kappa shape index (κ2) is 10.0. The minimum Gasteiger partial charge on any atom is -0.481 e. The molecule has 7 heteroatoms. The maximum Gasteiger partial charge on any atom is 0.265 e. The molecule has 1 unspecified atom stereocenters. The zero-order chi connectivity index (χ0) is 22.5. The summed E-state index contributed by atoms with van der Waals surface area (Å²) >= 11 is 6.05. The summed E-state index contributed by atoms with van der Waals surface area (Å²) in [5.41, 5.74) is 3.24. The van der Waals surface area contributed by atoms with Gasteiger partial charge in [0.2, 0.25) is 0 Å². The van der Waals surface area contributed by atoms with E-state index in [2.05, 4.69) is 20.4 Å². The fourth-order valence-electron chi connectivity index (χ4n) is 3.72. The molecule has 0 radical (unpaired) electrons. The fourth-order valence-corrected chi connectivity index (χ4v) is 3.84. The van der Waals surface area contributed by atoms with Crippen molar-refractivity contribution >= 4 is 29.0 Å². The Kier molecular flexibility index (Phi) is 6.90. The summed E-state index contributed by atoms with van der Waals surface area (Å²) in [7, 11) is 0. The van der Waals surface area contributed by atoms with E-state index in [1.165, 1.54) is 19.3 Å². The summed E-state index contributed by atoms with van der Waals surface area (Å²) in [5, 5.41) is 12.4. The number of hydrogen-bond donors (Lipinski definition) is 1. The number of aromatic nitrogens is 2. The molecular weight excluding hydrogens is 424 g/mol. The van der Waals surface area contributed by atoms with E-state index in [0.29, 0.717) is 16.5 Å². The van der Waals surface area contributed by atoms with Gasteiger partial charge in [0, 0.05) is 29.4 Å². The average Bonchev–Trinajstić information content (AvgIpc) is 2.82. The Labute approximate surface area is 193 Å². The zero-order valence-electron chi connectivity index (χ0n) is 18.3. The van der Waals surface area contributed by atoms with Crippen LogP contribution in [0.4, 0.5) is 11.5 Å².